The molecule has 0 saturated carbocycles. The van der Waals surface area contributed by atoms with E-state index < -0.39 is 0 Å². The number of carbonyl (C=O) groups is 1. The molecule has 2 aromatic rings. The molecule has 1 aromatic heterocycles. The molecule has 0 aliphatic carbocycles. The van der Waals surface area contributed by atoms with Gasteiger partial charge in [-0.3, -0.25) is 4.79 Å². The summed E-state index contributed by atoms with van der Waals surface area (Å²) in [5.74, 6) is 0.723. The predicted molar refractivity (Wildman–Crippen MR) is 121 cm³/mol. The van der Waals surface area contributed by atoms with Gasteiger partial charge in [-0.05, 0) is 62.9 Å². The highest BCUT2D eigenvalue weighted by molar-refractivity contribution is 5.95. The van der Waals surface area contributed by atoms with Crippen molar-refractivity contribution < 1.29 is 4.79 Å². The standard InChI is InChI=1S/C21H27N5O.2ClH/c1-15-12-18(25-20(22-2)24-15)16-4-3-5-17(13-16)19(27)26-11-8-21(14-26)6-9-23-10-7-21;;/h3-5,12-13,23H,6-11,14H2,1-2H3,(H,22,24,25);2*1H. The number of carbonyl (C=O) groups excluding carboxylic acids is 1. The molecule has 3 heterocycles. The fraction of sp³-hybridized carbons (Fsp3) is 0.476. The van der Waals surface area contributed by atoms with Crippen LogP contribution in [0.3, 0.4) is 0 Å². The van der Waals surface area contributed by atoms with E-state index in [-0.39, 0.29) is 30.7 Å². The minimum Gasteiger partial charge on any atom is -0.357 e. The van der Waals surface area contributed by atoms with Crippen LogP contribution < -0.4 is 10.6 Å². The number of hydrogen-bond acceptors (Lipinski definition) is 5. The molecule has 0 radical (unpaired) electrons. The van der Waals surface area contributed by atoms with Crippen LogP contribution in [-0.4, -0.2) is 54.0 Å². The fourth-order valence-corrected chi connectivity index (χ4v) is 4.30. The van der Waals surface area contributed by atoms with Gasteiger partial charge in [0.25, 0.3) is 5.91 Å². The summed E-state index contributed by atoms with van der Waals surface area (Å²) in [5, 5.41) is 6.42. The number of benzene rings is 1. The number of amides is 1. The Labute approximate surface area is 184 Å². The smallest absolute Gasteiger partial charge is 0.253 e. The van der Waals surface area contributed by atoms with Gasteiger partial charge in [0.05, 0.1) is 5.69 Å². The van der Waals surface area contributed by atoms with Gasteiger partial charge in [-0.1, -0.05) is 12.1 Å². The quantitative estimate of drug-likeness (QED) is 0.767. The maximum absolute atomic E-state index is 13.1. The van der Waals surface area contributed by atoms with Gasteiger partial charge in [0.15, 0.2) is 0 Å². The molecule has 0 bridgehead atoms. The molecule has 158 valence electrons. The lowest BCUT2D eigenvalue weighted by molar-refractivity contribution is 0.0762. The lowest BCUT2D eigenvalue weighted by Crippen LogP contribution is -2.39. The van der Waals surface area contributed by atoms with E-state index in [0.29, 0.717) is 11.4 Å². The first-order valence-electron chi connectivity index (χ1n) is 9.72. The average Bonchev–Trinajstić information content (AvgIpc) is 3.10. The molecular formula is C21H29Cl2N5O. The zero-order valence-electron chi connectivity index (χ0n) is 16.9. The van der Waals surface area contributed by atoms with Gasteiger partial charge in [-0.15, -0.1) is 24.8 Å². The summed E-state index contributed by atoms with van der Waals surface area (Å²) in [6.07, 6.45) is 3.46. The number of anilines is 1. The minimum atomic E-state index is 0. The lowest BCUT2D eigenvalue weighted by Gasteiger charge is -2.33. The van der Waals surface area contributed by atoms with Crippen LogP contribution in [0.4, 0.5) is 5.95 Å². The van der Waals surface area contributed by atoms with Crippen LogP contribution in [0, 0.1) is 12.3 Å². The van der Waals surface area contributed by atoms with E-state index >= 15 is 0 Å². The Morgan fingerprint density at radius 1 is 1.14 bits per heavy atom. The van der Waals surface area contributed by atoms with E-state index in [9.17, 15) is 4.79 Å². The topological polar surface area (TPSA) is 70.2 Å². The van der Waals surface area contributed by atoms with Crippen LogP contribution in [0.5, 0.6) is 0 Å². The number of nitrogens with one attached hydrogen (secondary N) is 2. The SMILES string of the molecule is CNc1nc(C)cc(-c2cccc(C(=O)N3CCC4(CCNCC4)C3)c2)n1.Cl.Cl. The van der Waals surface area contributed by atoms with E-state index in [1.807, 2.05) is 49.2 Å². The van der Waals surface area contributed by atoms with Crippen molar-refractivity contribution in [3.8, 4) is 11.3 Å². The Balaban J connectivity index is 0.00000150. The van der Waals surface area contributed by atoms with E-state index in [4.69, 9.17) is 0 Å². The van der Waals surface area contributed by atoms with Crippen molar-refractivity contribution in [3.05, 3.63) is 41.6 Å². The lowest BCUT2D eigenvalue weighted by atomic mass is 9.78. The number of aromatic nitrogens is 2. The molecule has 1 amide bonds. The molecule has 0 unspecified atom stereocenters. The van der Waals surface area contributed by atoms with Gasteiger partial charge in [-0.2, -0.15) is 0 Å². The van der Waals surface area contributed by atoms with Crippen molar-refractivity contribution >= 4 is 36.7 Å². The van der Waals surface area contributed by atoms with Crippen molar-refractivity contribution in [1.29, 1.82) is 0 Å². The molecule has 2 aliphatic rings. The zero-order valence-corrected chi connectivity index (χ0v) is 18.5. The van der Waals surface area contributed by atoms with Crippen molar-refractivity contribution in [2.75, 3.05) is 38.5 Å². The van der Waals surface area contributed by atoms with Crippen LogP contribution in [-0.2, 0) is 0 Å². The number of aryl methyl sites for hydroxylation is 1. The third-order valence-corrected chi connectivity index (χ3v) is 5.87. The molecule has 2 N–H and O–H groups in total. The molecule has 0 atom stereocenters. The van der Waals surface area contributed by atoms with Crippen molar-refractivity contribution in [1.82, 2.24) is 20.2 Å². The Morgan fingerprint density at radius 2 is 1.90 bits per heavy atom. The number of piperidine rings is 1. The molecule has 2 aliphatic heterocycles. The Morgan fingerprint density at radius 3 is 2.62 bits per heavy atom. The van der Waals surface area contributed by atoms with E-state index in [0.717, 1.165) is 55.1 Å². The number of nitrogens with zero attached hydrogens (tertiary/aromatic N) is 3. The highest BCUT2D eigenvalue weighted by Gasteiger charge is 2.40. The molecule has 8 heteroatoms. The van der Waals surface area contributed by atoms with Gasteiger partial charge in [0, 0.05) is 37.0 Å². The second-order valence-electron chi connectivity index (χ2n) is 7.78. The molecule has 1 spiro atoms. The molecular weight excluding hydrogens is 409 g/mol. The monoisotopic (exact) mass is 437 g/mol. The second-order valence-corrected chi connectivity index (χ2v) is 7.78. The first-order valence-corrected chi connectivity index (χ1v) is 9.72. The minimum absolute atomic E-state index is 0. The zero-order chi connectivity index (χ0) is 18.9. The van der Waals surface area contributed by atoms with Crippen LogP contribution >= 0.6 is 24.8 Å². The summed E-state index contributed by atoms with van der Waals surface area (Å²) in [4.78, 5) is 24.0. The second kappa shape index (κ2) is 9.74. The van der Waals surface area contributed by atoms with Gasteiger partial charge in [0.2, 0.25) is 5.95 Å². The maximum Gasteiger partial charge on any atom is 0.253 e. The van der Waals surface area contributed by atoms with Gasteiger partial charge < -0.3 is 15.5 Å². The van der Waals surface area contributed by atoms with Gasteiger partial charge in [0.1, 0.15) is 0 Å². The Hall–Kier alpha value is -1.89. The largest absolute Gasteiger partial charge is 0.357 e. The predicted octanol–water partition coefficient (Wildman–Crippen LogP) is 3.55. The van der Waals surface area contributed by atoms with Crippen LogP contribution in [0.2, 0.25) is 0 Å². The van der Waals surface area contributed by atoms with Crippen molar-refractivity contribution in [2.24, 2.45) is 5.41 Å². The van der Waals surface area contributed by atoms with Crippen LogP contribution in [0.25, 0.3) is 11.3 Å². The number of rotatable bonds is 3. The van der Waals surface area contributed by atoms with Crippen molar-refractivity contribution in [2.45, 2.75) is 26.2 Å². The molecule has 1 aromatic carbocycles. The molecule has 2 fully saturated rings. The molecule has 2 saturated heterocycles. The fourth-order valence-electron chi connectivity index (χ4n) is 4.30. The highest BCUT2D eigenvalue weighted by atomic mass is 35.5. The van der Waals surface area contributed by atoms with Crippen molar-refractivity contribution in [3.63, 3.8) is 0 Å². The number of hydrogen-bond donors (Lipinski definition) is 2. The normalized spacial score (nSPS) is 17.4. The van der Waals surface area contributed by atoms with E-state index in [2.05, 4.69) is 20.6 Å². The summed E-state index contributed by atoms with van der Waals surface area (Å²) >= 11 is 0. The molecule has 4 rings (SSSR count). The summed E-state index contributed by atoms with van der Waals surface area (Å²) in [6, 6.07) is 9.75. The number of likely N-dealkylation sites (tertiary alicyclic amines) is 1. The van der Waals surface area contributed by atoms with E-state index in [1.54, 1.807) is 0 Å². The van der Waals surface area contributed by atoms with Gasteiger partial charge in [-0.25, -0.2) is 9.97 Å². The molecule has 6 nitrogen and oxygen atoms in total. The van der Waals surface area contributed by atoms with E-state index in [1.165, 1.54) is 12.8 Å². The highest BCUT2D eigenvalue weighted by Crippen LogP contribution is 2.39. The van der Waals surface area contributed by atoms with Crippen LogP contribution in [0.1, 0.15) is 35.3 Å². The summed E-state index contributed by atoms with van der Waals surface area (Å²) < 4.78 is 0. The summed E-state index contributed by atoms with van der Waals surface area (Å²) in [5.41, 5.74) is 3.73. The first kappa shape index (κ1) is 23.4. The molecule has 29 heavy (non-hydrogen) atoms. The Bertz CT molecular complexity index is 855. The third-order valence-electron chi connectivity index (χ3n) is 5.87. The maximum atomic E-state index is 13.1. The van der Waals surface area contributed by atoms with Crippen LogP contribution in [0.15, 0.2) is 30.3 Å². The first-order chi connectivity index (χ1) is 13.1. The van der Waals surface area contributed by atoms with Gasteiger partial charge >= 0.3 is 0 Å². The average molecular weight is 438 g/mol. The summed E-state index contributed by atoms with van der Waals surface area (Å²) in [6.45, 7) is 5.83. The summed E-state index contributed by atoms with van der Waals surface area (Å²) in [7, 11) is 1.81. The third kappa shape index (κ3) is 5.00. The number of halogens is 2. The Kier molecular flexibility index (Phi) is 7.86.